The molecule has 0 atom stereocenters. The lowest BCUT2D eigenvalue weighted by molar-refractivity contribution is 0.144. The van der Waals surface area contributed by atoms with Crippen molar-refractivity contribution in [1.29, 1.82) is 0 Å². The van der Waals surface area contributed by atoms with E-state index in [0.29, 0.717) is 6.04 Å². The molecule has 0 bridgehead atoms. The molecule has 2 rings (SSSR count). The maximum absolute atomic E-state index is 6.25. The fraction of sp³-hybridized carbons (Fsp3) is 0.538. The van der Waals surface area contributed by atoms with Gasteiger partial charge in [-0.05, 0) is 18.7 Å². The first-order valence-corrected chi connectivity index (χ1v) is 6.40. The van der Waals surface area contributed by atoms with Crippen molar-refractivity contribution >= 4 is 11.6 Å². The highest BCUT2D eigenvalue weighted by Gasteiger charge is 2.24. The standard InChI is InChI=1S/C13H19ClN2O/c1-3-16(10-7-15-8-10)9-11-12(14)5-4-6-13(11)17-2/h4-6,10,15H,3,7-9H2,1-2H3. The molecule has 1 fully saturated rings. The minimum absolute atomic E-state index is 0.626. The normalized spacial score (nSPS) is 16.0. The summed E-state index contributed by atoms with van der Waals surface area (Å²) in [4.78, 5) is 2.43. The van der Waals surface area contributed by atoms with Crippen LogP contribution in [0.1, 0.15) is 12.5 Å². The number of ether oxygens (including phenoxy) is 1. The molecule has 1 aromatic carbocycles. The van der Waals surface area contributed by atoms with Crippen LogP contribution in [-0.4, -0.2) is 37.7 Å². The summed E-state index contributed by atoms with van der Waals surface area (Å²) < 4.78 is 5.38. The number of hydrogen-bond donors (Lipinski definition) is 1. The Kier molecular flexibility index (Phi) is 4.26. The Hall–Kier alpha value is -0.770. The van der Waals surface area contributed by atoms with Crippen LogP contribution in [0.4, 0.5) is 0 Å². The molecule has 1 aliphatic rings. The van der Waals surface area contributed by atoms with Crippen LogP contribution in [-0.2, 0) is 6.54 Å². The van der Waals surface area contributed by atoms with Crippen molar-refractivity contribution in [2.45, 2.75) is 19.5 Å². The number of benzene rings is 1. The molecule has 1 heterocycles. The van der Waals surface area contributed by atoms with E-state index in [1.807, 2.05) is 18.2 Å². The van der Waals surface area contributed by atoms with E-state index in [1.165, 1.54) is 0 Å². The third-order valence-corrected chi connectivity index (χ3v) is 3.69. The number of hydrogen-bond acceptors (Lipinski definition) is 3. The average molecular weight is 255 g/mol. The van der Waals surface area contributed by atoms with E-state index in [0.717, 1.165) is 42.5 Å². The molecule has 0 aromatic heterocycles. The molecule has 1 N–H and O–H groups in total. The van der Waals surface area contributed by atoms with Gasteiger partial charge in [-0.15, -0.1) is 0 Å². The summed E-state index contributed by atoms with van der Waals surface area (Å²) in [5.74, 6) is 0.878. The number of likely N-dealkylation sites (N-methyl/N-ethyl adjacent to an activating group) is 1. The largest absolute Gasteiger partial charge is 0.496 e. The van der Waals surface area contributed by atoms with Crippen LogP contribution in [0.3, 0.4) is 0 Å². The Morgan fingerprint density at radius 3 is 2.76 bits per heavy atom. The molecule has 1 aromatic rings. The van der Waals surface area contributed by atoms with E-state index >= 15 is 0 Å². The molecule has 1 saturated heterocycles. The smallest absolute Gasteiger partial charge is 0.124 e. The first-order valence-electron chi connectivity index (χ1n) is 6.02. The zero-order valence-electron chi connectivity index (χ0n) is 10.4. The van der Waals surface area contributed by atoms with Crippen molar-refractivity contribution in [2.75, 3.05) is 26.7 Å². The van der Waals surface area contributed by atoms with Crippen molar-refractivity contribution < 1.29 is 4.74 Å². The van der Waals surface area contributed by atoms with Crippen LogP contribution in [0.25, 0.3) is 0 Å². The number of nitrogens with one attached hydrogen (secondary N) is 1. The SMILES string of the molecule is CCN(Cc1c(Cl)cccc1OC)C1CNC1. The van der Waals surface area contributed by atoms with Gasteiger partial charge in [0.05, 0.1) is 7.11 Å². The summed E-state index contributed by atoms with van der Waals surface area (Å²) in [5.41, 5.74) is 1.09. The van der Waals surface area contributed by atoms with Crippen molar-refractivity contribution in [3.8, 4) is 5.75 Å². The van der Waals surface area contributed by atoms with Crippen molar-refractivity contribution in [3.63, 3.8) is 0 Å². The van der Waals surface area contributed by atoms with Crippen LogP contribution < -0.4 is 10.1 Å². The molecular formula is C13H19ClN2O. The van der Waals surface area contributed by atoms with Gasteiger partial charge in [0.2, 0.25) is 0 Å². The molecule has 0 spiro atoms. The third kappa shape index (κ3) is 2.73. The molecule has 1 aliphatic heterocycles. The van der Waals surface area contributed by atoms with Gasteiger partial charge in [0.15, 0.2) is 0 Å². The van der Waals surface area contributed by atoms with Gasteiger partial charge < -0.3 is 10.1 Å². The van der Waals surface area contributed by atoms with Crippen LogP contribution >= 0.6 is 11.6 Å². The van der Waals surface area contributed by atoms with Gasteiger partial charge in [-0.3, -0.25) is 4.90 Å². The minimum Gasteiger partial charge on any atom is -0.496 e. The summed E-state index contributed by atoms with van der Waals surface area (Å²) >= 11 is 6.25. The monoisotopic (exact) mass is 254 g/mol. The van der Waals surface area contributed by atoms with E-state index < -0.39 is 0 Å². The Labute approximate surface area is 108 Å². The van der Waals surface area contributed by atoms with E-state index in [-0.39, 0.29) is 0 Å². The van der Waals surface area contributed by atoms with E-state index in [1.54, 1.807) is 7.11 Å². The van der Waals surface area contributed by atoms with Gasteiger partial charge in [0, 0.05) is 36.3 Å². The molecule has 3 nitrogen and oxygen atoms in total. The highest BCUT2D eigenvalue weighted by Crippen LogP contribution is 2.28. The topological polar surface area (TPSA) is 24.5 Å². The van der Waals surface area contributed by atoms with Gasteiger partial charge in [0.25, 0.3) is 0 Å². The second-order valence-corrected chi connectivity index (χ2v) is 4.70. The van der Waals surface area contributed by atoms with E-state index in [2.05, 4.69) is 17.1 Å². The highest BCUT2D eigenvalue weighted by atomic mass is 35.5. The van der Waals surface area contributed by atoms with Gasteiger partial charge in [-0.2, -0.15) is 0 Å². The molecule has 94 valence electrons. The molecule has 17 heavy (non-hydrogen) atoms. The lowest BCUT2D eigenvalue weighted by Crippen LogP contribution is -2.56. The first-order chi connectivity index (χ1) is 8.26. The summed E-state index contributed by atoms with van der Waals surface area (Å²) in [7, 11) is 1.69. The second-order valence-electron chi connectivity index (χ2n) is 4.30. The maximum atomic E-state index is 6.25. The number of halogens is 1. The van der Waals surface area contributed by atoms with Crippen molar-refractivity contribution in [2.24, 2.45) is 0 Å². The first kappa shape index (κ1) is 12.7. The number of methoxy groups -OCH3 is 1. The highest BCUT2D eigenvalue weighted by molar-refractivity contribution is 6.31. The fourth-order valence-corrected chi connectivity index (χ4v) is 2.34. The Balaban J connectivity index is 2.15. The minimum atomic E-state index is 0.626. The molecule has 0 unspecified atom stereocenters. The lowest BCUT2D eigenvalue weighted by Gasteiger charge is -2.38. The van der Waals surface area contributed by atoms with Crippen molar-refractivity contribution in [3.05, 3.63) is 28.8 Å². The van der Waals surface area contributed by atoms with E-state index in [4.69, 9.17) is 16.3 Å². The van der Waals surface area contributed by atoms with Crippen molar-refractivity contribution in [1.82, 2.24) is 10.2 Å². The molecule has 0 radical (unpaired) electrons. The van der Waals surface area contributed by atoms with Gasteiger partial charge in [0.1, 0.15) is 5.75 Å². The second kappa shape index (κ2) is 5.71. The number of nitrogens with zero attached hydrogens (tertiary/aromatic N) is 1. The molecule has 4 heteroatoms. The molecule has 0 amide bonds. The maximum Gasteiger partial charge on any atom is 0.124 e. The predicted molar refractivity (Wildman–Crippen MR) is 70.7 cm³/mol. The van der Waals surface area contributed by atoms with Gasteiger partial charge in [-0.25, -0.2) is 0 Å². The molecule has 0 aliphatic carbocycles. The van der Waals surface area contributed by atoms with Crippen LogP contribution in [0.15, 0.2) is 18.2 Å². The lowest BCUT2D eigenvalue weighted by atomic mass is 10.1. The quantitative estimate of drug-likeness (QED) is 0.872. The van der Waals surface area contributed by atoms with Crippen LogP contribution in [0.2, 0.25) is 5.02 Å². The third-order valence-electron chi connectivity index (χ3n) is 3.34. The molecular weight excluding hydrogens is 236 g/mol. The van der Waals surface area contributed by atoms with E-state index in [9.17, 15) is 0 Å². The zero-order valence-corrected chi connectivity index (χ0v) is 11.1. The zero-order chi connectivity index (χ0) is 12.3. The average Bonchev–Trinajstić information content (AvgIpc) is 2.28. The van der Waals surface area contributed by atoms with Crippen LogP contribution in [0, 0.1) is 0 Å². The summed E-state index contributed by atoms with van der Waals surface area (Å²) in [5, 5.41) is 4.09. The number of rotatable bonds is 5. The fourth-order valence-electron chi connectivity index (χ4n) is 2.12. The van der Waals surface area contributed by atoms with Crippen LogP contribution in [0.5, 0.6) is 5.75 Å². The Morgan fingerprint density at radius 2 is 2.24 bits per heavy atom. The Morgan fingerprint density at radius 1 is 1.47 bits per heavy atom. The van der Waals surface area contributed by atoms with Gasteiger partial charge >= 0.3 is 0 Å². The van der Waals surface area contributed by atoms with Gasteiger partial charge in [-0.1, -0.05) is 24.6 Å². The summed E-state index contributed by atoms with van der Waals surface area (Å²) in [6.07, 6.45) is 0. The molecule has 0 saturated carbocycles. The summed E-state index contributed by atoms with van der Waals surface area (Å²) in [6.45, 7) is 6.20. The Bertz CT molecular complexity index is 380. The summed E-state index contributed by atoms with van der Waals surface area (Å²) in [6, 6.07) is 6.44. The predicted octanol–water partition coefficient (Wildman–Crippen LogP) is 2.14.